The first-order chi connectivity index (χ1) is 12.4. The minimum atomic E-state index is -3.48. The molecular formula is C17H20BrClN4O2S. The molecule has 1 atom stereocenters. The summed E-state index contributed by atoms with van der Waals surface area (Å²) in [6.07, 6.45) is 4.46. The number of nitrogens with zero attached hydrogens (tertiary/aromatic N) is 3. The second-order valence-corrected chi connectivity index (χ2v) is 9.98. The summed E-state index contributed by atoms with van der Waals surface area (Å²) >= 11 is 9.27. The topological polar surface area (TPSA) is 75.2 Å². The summed E-state index contributed by atoms with van der Waals surface area (Å²) < 4.78 is 27.4. The lowest BCUT2D eigenvalue weighted by Crippen LogP contribution is -2.42. The second kappa shape index (κ2) is 8.21. The van der Waals surface area contributed by atoms with Gasteiger partial charge in [-0.15, -0.1) is 0 Å². The Morgan fingerprint density at radius 1 is 1.27 bits per heavy atom. The molecule has 2 aromatic rings. The van der Waals surface area contributed by atoms with Crippen LogP contribution in [0, 0.1) is 0 Å². The molecule has 1 aliphatic heterocycles. The zero-order valence-electron chi connectivity index (χ0n) is 14.3. The maximum absolute atomic E-state index is 12.9. The first kappa shape index (κ1) is 19.5. The van der Waals surface area contributed by atoms with Crippen molar-refractivity contribution < 1.29 is 8.42 Å². The molecule has 1 aliphatic rings. The van der Waals surface area contributed by atoms with Crippen molar-refractivity contribution in [2.24, 2.45) is 0 Å². The van der Waals surface area contributed by atoms with E-state index in [4.69, 9.17) is 11.6 Å². The number of hydrogen-bond acceptors (Lipinski definition) is 5. The smallest absolute Gasteiger partial charge is 0.243 e. The number of halogens is 2. The predicted octanol–water partition coefficient (Wildman–Crippen LogP) is 3.85. The van der Waals surface area contributed by atoms with Gasteiger partial charge in [-0.2, -0.15) is 4.31 Å². The second-order valence-electron chi connectivity index (χ2n) is 6.24. The van der Waals surface area contributed by atoms with Crippen LogP contribution in [-0.2, 0) is 10.0 Å². The van der Waals surface area contributed by atoms with Crippen molar-refractivity contribution in [2.45, 2.75) is 35.5 Å². The first-order valence-corrected chi connectivity index (χ1v) is 11.1. The van der Waals surface area contributed by atoms with E-state index in [0.717, 1.165) is 5.56 Å². The van der Waals surface area contributed by atoms with E-state index in [2.05, 4.69) is 31.2 Å². The summed E-state index contributed by atoms with van der Waals surface area (Å²) in [5.74, 6) is 0.509. The van der Waals surface area contributed by atoms with Crippen molar-refractivity contribution in [1.82, 2.24) is 14.3 Å². The van der Waals surface area contributed by atoms with E-state index in [0.29, 0.717) is 41.8 Å². The summed E-state index contributed by atoms with van der Waals surface area (Å²) in [5.41, 5.74) is 0.947. The molecule has 1 aromatic heterocycles. The molecule has 0 spiro atoms. The molecule has 3 rings (SSSR count). The van der Waals surface area contributed by atoms with Crippen LogP contribution in [0.5, 0.6) is 0 Å². The Bertz CT molecular complexity index is 853. The van der Waals surface area contributed by atoms with Gasteiger partial charge in [0.25, 0.3) is 0 Å². The van der Waals surface area contributed by atoms with Crippen molar-refractivity contribution in [3.8, 4) is 0 Å². The molecule has 1 N–H and O–H groups in total. The number of sulfonamides is 1. The molecular weight excluding hydrogens is 440 g/mol. The molecule has 9 heteroatoms. The summed E-state index contributed by atoms with van der Waals surface area (Å²) in [7, 11) is -3.48. The van der Waals surface area contributed by atoms with Crippen molar-refractivity contribution in [1.29, 1.82) is 0 Å². The highest BCUT2D eigenvalue weighted by molar-refractivity contribution is 9.09. The van der Waals surface area contributed by atoms with Gasteiger partial charge in [-0.25, -0.2) is 18.4 Å². The highest BCUT2D eigenvalue weighted by Gasteiger charge is 2.29. The van der Waals surface area contributed by atoms with Crippen molar-refractivity contribution in [3.05, 3.63) is 47.2 Å². The van der Waals surface area contributed by atoms with Crippen molar-refractivity contribution in [2.75, 3.05) is 18.4 Å². The van der Waals surface area contributed by atoms with E-state index in [1.54, 1.807) is 22.5 Å². The number of hydrogen-bond donors (Lipinski definition) is 1. The average Bonchev–Trinajstić information content (AvgIpc) is 2.64. The highest BCUT2D eigenvalue weighted by atomic mass is 79.9. The van der Waals surface area contributed by atoms with Gasteiger partial charge in [-0.05, 0) is 37.5 Å². The molecule has 0 bridgehead atoms. The van der Waals surface area contributed by atoms with Crippen LogP contribution in [0.15, 0.2) is 41.6 Å². The fourth-order valence-electron chi connectivity index (χ4n) is 2.88. The van der Waals surface area contributed by atoms with Gasteiger partial charge in [-0.1, -0.05) is 39.7 Å². The van der Waals surface area contributed by atoms with Gasteiger partial charge in [-0.3, -0.25) is 0 Å². The van der Waals surface area contributed by atoms with Crippen LogP contribution in [0.25, 0.3) is 0 Å². The predicted molar refractivity (Wildman–Crippen MR) is 106 cm³/mol. The van der Waals surface area contributed by atoms with Gasteiger partial charge < -0.3 is 5.32 Å². The van der Waals surface area contributed by atoms with E-state index in [1.165, 1.54) is 12.4 Å². The molecule has 1 aromatic carbocycles. The van der Waals surface area contributed by atoms with Crippen molar-refractivity contribution >= 4 is 43.5 Å². The Hall–Kier alpha value is -1.22. The summed E-state index contributed by atoms with van der Waals surface area (Å²) in [4.78, 5) is 8.69. The molecule has 0 amide bonds. The number of rotatable bonds is 5. The lowest BCUT2D eigenvalue weighted by Gasteiger charge is -2.31. The first-order valence-electron chi connectivity index (χ1n) is 8.34. The minimum absolute atomic E-state index is 0.104. The quantitative estimate of drug-likeness (QED) is 0.687. The van der Waals surface area contributed by atoms with Crippen LogP contribution in [-0.4, -0.2) is 41.8 Å². The van der Waals surface area contributed by atoms with Crippen LogP contribution < -0.4 is 5.32 Å². The number of anilines is 1. The van der Waals surface area contributed by atoms with E-state index in [9.17, 15) is 8.42 Å². The lowest BCUT2D eigenvalue weighted by molar-refractivity contribution is 0.329. The Morgan fingerprint density at radius 3 is 2.54 bits per heavy atom. The molecule has 0 radical (unpaired) electrons. The third kappa shape index (κ3) is 4.54. The van der Waals surface area contributed by atoms with Crippen LogP contribution in [0.3, 0.4) is 0 Å². The molecule has 0 aliphatic carbocycles. The Kier molecular flexibility index (Phi) is 6.17. The van der Waals surface area contributed by atoms with Gasteiger partial charge in [0.2, 0.25) is 16.0 Å². The zero-order chi connectivity index (χ0) is 18.7. The number of piperidine rings is 1. The molecule has 26 heavy (non-hydrogen) atoms. The van der Waals surface area contributed by atoms with E-state index >= 15 is 0 Å². The third-order valence-electron chi connectivity index (χ3n) is 4.36. The minimum Gasteiger partial charge on any atom is -0.351 e. The maximum atomic E-state index is 12.9. The molecule has 140 valence electrons. The summed E-state index contributed by atoms with van der Waals surface area (Å²) in [6, 6.07) is 7.23. The SMILES string of the molecule is CC(Br)c1cccc(S(=O)(=O)N2CCC(Nc3ncc(Cl)cn3)CC2)c1. The van der Waals surface area contributed by atoms with Crippen LogP contribution >= 0.6 is 27.5 Å². The molecule has 2 heterocycles. The number of alkyl halides is 1. The number of benzene rings is 1. The Labute approximate surface area is 167 Å². The molecule has 1 unspecified atom stereocenters. The highest BCUT2D eigenvalue weighted by Crippen LogP contribution is 2.27. The van der Waals surface area contributed by atoms with Gasteiger partial charge in [0.05, 0.1) is 22.3 Å². The third-order valence-corrected chi connectivity index (χ3v) is 6.98. The average molecular weight is 460 g/mol. The van der Waals surface area contributed by atoms with Gasteiger partial charge in [0, 0.05) is 24.0 Å². The fraction of sp³-hybridized carbons (Fsp3) is 0.412. The van der Waals surface area contributed by atoms with E-state index in [-0.39, 0.29) is 10.9 Å². The monoisotopic (exact) mass is 458 g/mol. The number of nitrogens with one attached hydrogen (secondary N) is 1. The summed E-state index contributed by atoms with van der Waals surface area (Å²) in [6.45, 7) is 2.89. The normalized spacial score (nSPS) is 17.8. The van der Waals surface area contributed by atoms with Gasteiger partial charge in [0.1, 0.15) is 0 Å². The standard InChI is InChI=1S/C17H20BrClN4O2S/c1-12(18)13-3-2-4-16(9-13)26(24,25)23-7-5-15(6-8-23)22-17-20-10-14(19)11-21-17/h2-4,9-12,15H,5-8H2,1H3,(H,20,21,22). The molecule has 6 nitrogen and oxygen atoms in total. The van der Waals surface area contributed by atoms with E-state index in [1.807, 2.05) is 13.0 Å². The lowest BCUT2D eigenvalue weighted by atomic mass is 10.1. The Balaban J connectivity index is 1.65. The summed E-state index contributed by atoms with van der Waals surface area (Å²) in [5, 5.41) is 3.72. The van der Waals surface area contributed by atoms with Crippen molar-refractivity contribution in [3.63, 3.8) is 0 Å². The van der Waals surface area contributed by atoms with Crippen LogP contribution in [0.2, 0.25) is 5.02 Å². The zero-order valence-corrected chi connectivity index (χ0v) is 17.4. The largest absolute Gasteiger partial charge is 0.351 e. The van der Waals surface area contributed by atoms with Crippen LogP contribution in [0.4, 0.5) is 5.95 Å². The van der Waals surface area contributed by atoms with Gasteiger partial charge >= 0.3 is 0 Å². The molecule has 1 fully saturated rings. The molecule has 1 saturated heterocycles. The molecule has 0 saturated carbocycles. The van der Waals surface area contributed by atoms with Gasteiger partial charge in [0.15, 0.2) is 0 Å². The number of aromatic nitrogens is 2. The Morgan fingerprint density at radius 2 is 1.92 bits per heavy atom. The fourth-order valence-corrected chi connectivity index (χ4v) is 4.79. The van der Waals surface area contributed by atoms with E-state index < -0.39 is 10.0 Å². The van der Waals surface area contributed by atoms with Crippen LogP contribution in [0.1, 0.15) is 30.2 Å². The maximum Gasteiger partial charge on any atom is 0.243 e.